The van der Waals surface area contributed by atoms with Crippen LogP contribution in [0.15, 0.2) is 66.1 Å². The second-order valence-corrected chi connectivity index (χ2v) is 5.91. The molecule has 1 heterocycles. The van der Waals surface area contributed by atoms with Gasteiger partial charge in [-0.1, -0.05) is 54.2 Å². The summed E-state index contributed by atoms with van der Waals surface area (Å²) in [7, 11) is 0. The maximum absolute atomic E-state index is 12.1. The van der Waals surface area contributed by atoms with Crippen LogP contribution in [-0.4, -0.2) is 21.1 Å². The van der Waals surface area contributed by atoms with Gasteiger partial charge in [-0.25, -0.2) is 4.98 Å². The normalized spacial score (nSPS) is 10.4. The van der Waals surface area contributed by atoms with Crippen LogP contribution in [0.1, 0.15) is 21.5 Å². The molecule has 3 aromatic rings. The lowest BCUT2D eigenvalue weighted by molar-refractivity contribution is 0.0951. The summed E-state index contributed by atoms with van der Waals surface area (Å²) in [4.78, 5) is 16.2. The SMILES string of the molecule is O=C(NCc1ccccc1)c1ccc(CSc2ncn[nH]2)cc1. The predicted molar refractivity (Wildman–Crippen MR) is 90.0 cm³/mol. The minimum atomic E-state index is -0.0664. The third kappa shape index (κ3) is 4.43. The largest absolute Gasteiger partial charge is 0.348 e. The maximum Gasteiger partial charge on any atom is 0.251 e. The van der Waals surface area contributed by atoms with E-state index < -0.39 is 0 Å². The van der Waals surface area contributed by atoms with Gasteiger partial charge in [-0.2, -0.15) is 5.10 Å². The van der Waals surface area contributed by atoms with Crippen molar-refractivity contribution < 1.29 is 4.79 Å². The van der Waals surface area contributed by atoms with Crippen LogP contribution in [0.2, 0.25) is 0 Å². The highest BCUT2D eigenvalue weighted by Gasteiger charge is 2.05. The lowest BCUT2D eigenvalue weighted by atomic mass is 10.1. The van der Waals surface area contributed by atoms with Gasteiger partial charge in [0.1, 0.15) is 6.33 Å². The molecular weight excluding hydrogens is 308 g/mol. The molecular formula is C17H16N4OS. The smallest absolute Gasteiger partial charge is 0.251 e. The van der Waals surface area contributed by atoms with Crippen molar-refractivity contribution in [3.63, 3.8) is 0 Å². The molecule has 6 heteroatoms. The minimum Gasteiger partial charge on any atom is -0.348 e. The molecule has 23 heavy (non-hydrogen) atoms. The van der Waals surface area contributed by atoms with Gasteiger partial charge in [-0.15, -0.1) is 0 Å². The van der Waals surface area contributed by atoms with E-state index >= 15 is 0 Å². The van der Waals surface area contributed by atoms with E-state index in [-0.39, 0.29) is 5.91 Å². The number of aromatic amines is 1. The van der Waals surface area contributed by atoms with Crippen LogP contribution < -0.4 is 5.32 Å². The standard InChI is InChI=1S/C17H16N4OS/c22-16(18-10-13-4-2-1-3-5-13)15-8-6-14(7-9-15)11-23-17-19-12-20-21-17/h1-9,12H,10-11H2,(H,18,22)(H,19,20,21). The summed E-state index contributed by atoms with van der Waals surface area (Å²) < 4.78 is 0. The Labute approximate surface area is 138 Å². The van der Waals surface area contributed by atoms with E-state index in [4.69, 9.17) is 0 Å². The average Bonchev–Trinajstić information content (AvgIpc) is 3.13. The summed E-state index contributed by atoms with van der Waals surface area (Å²) in [6, 6.07) is 17.5. The molecule has 0 aliphatic carbocycles. The van der Waals surface area contributed by atoms with Crippen molar-refractivity contribution in [1.82, 2.24) is 20.5 Å². The number of nitrogens with zero attached hydrogens (tertiary/aromatic N) is 2. The van der Waals surface area contributed by atoms with Crippen LogP contribution >= 0.6 is 11.8 Å². The second kappa shape index (κ2) is 7.60. The molecule has 5 nitrogen and oxygen atoms in total. The molecule has 3 rings (SSSR count). The number of aromatic nitrogens is 3. The molecule has 0 unspecified atom stereocenters. The number of rotatable bonds is 6. The second-order valence-electron chi connectivity index (χ2n) is 4.94. The average molecular weight is 324 g/mol. The third-order valence-electron chi connectivity index (χ3n) is 3.28. The summed E-state index contributed by atoms with van der Waals surface area (Å²) >= 11 is 1.57. The van der Waals surface area contributed by atoms with Crippen LogP contribution in [0.3, 0.4) is 0 Å². The van der Waals surface area contributed by atoms with Gasteiger partial charge in [0.25, 0.3) is 5.91 Å². The van der Waals surface area contributed by atoms with Gasteiger partial charge in [0.2, 0.25) is 0 Å². The number of carbonyl (C=O) groups is 1. The number of carbonyl (C=O) groups excluding carboxylic acids is 1. The zero-order valence-electron chi connectivity index (χ0n) is 12.4. The molecule has 0 bridgehead atoms. The molecule has 2 aromatic carbocycles. The van der Waals surface area contributed by atoms with E-state index in [1.54, 1.807) is 11.8 Å². The molecule has 0 radical (unpaired) electrons. The van der Waals surface area contributed by atoms with Gasteiger partial charge in [-0.05, 0) is 23.3 Å². The van der Waals surface area contributed by atoms with Crippen LogP contribution in [0, 0.1) is 0 Å². The summed E-state index contributed by atoms with van der Waals surface area (Å²) in [6.45, 7) is 0.531. The van der Waals surface area contributed by atoms with Gasteiger partial charge in [0.05, 0.1) is 0 Å². The van der Waals surface area contributed by atoms with Gasteiger partial charge >= 0.3 is 0 Å². The van der Waals surface area contributed by atoms with Crippen molar-refractivity contribution in [2.75, 3.05) is 0 Å². The Morgan fingerprint density at radius 2 is 1.83 bits per heavy atom. The fourth-order valence-electron chi connectivity index (χ4n) is 2.05. The van der Waals surface area contributed by atoms with Crippen molar-refractivity contribution in [3.8, 4) is 0 Å². The molecule has 0 saturated heterocycles. The van der Waals surface area contributed by atoms with Crippen molar-refractivity contribution in [1.29, 1.82) is 0 Å². The molecule has 0 aliphatic rings. The Bertz CT molecular complexity index is 742. The fraction of sp³-hybridized carbons (Fsp3) is 0.118. The molecule has 1 aromatic heterocycles. The lowest BCUT2D eigenvalue weighted by Crippen LogP contribution is -2.22. The molecule has 0 aliphatic heterocycles. The molecule has 2 N–H and O–H groups in total. The zero-order chi connectivity index (χ0) is 15.9. The van der Waals surface area contributed by atoms with Crippen LogP contribution in [0.5, 0.6) is 0 Å². The van der Waals surface area contributed by atoms with Gasteiger partial charge < -0.3 is 5.32 Å². The molecule has 0 spiro atoms. The molecule has 0 atom stereocenters. The van der Waals surface area contributed by atoms with Crippen LogP contribution in [0.4, 0.5) is 0 Å². The quantitative estimate of drug-likeness (QED) is 0.684. The van der Waals surface area contributed by atoms with E-state index in [0.29, 0.717) is 12.1 Å². The van der Waals surface area contributed by atoms with Gasteiger partial charge in [-0.3, -0.25) is 9.89 Å². The van der Waals surface area contributed by atoms with E-state index in [0.717, 1.165) is 22.0 Å². The van der Waals surface area contributed by atoms with E-state index in [9.17, 15) is 4.79 Å². The lowest BCUT2D eigenvalue weighted by Gasteiger charge is -2.06. The third-order valence-corrected chi connectivity index (χ3v) is 4.23. The molecule has 116 valence electrons. The van der Waals surface area contributed by atoms with Crippen LogP contribution in [-0.2, 0) is 12.3 Å². The number of benzene rings is 2. The number of nitrogens with one attached hydrogen (secondary N) is 2. The molecule has 0 saturated carbocycles. The van der Waals surface area contributed by atoms with E-state index in [1.807, 2.05) is 54.6 Å². The number of hydrogen-bond donors (Lipinski definition) is 2. The van der Waals surface area contributed by atoms with Crippen molar-refractivity contribution >= 4 is 17.7 Å². The highest BCUT2D eigenvalue weighted by Crippen LogP contribution is 2.18. The zero-order valence-corrected chi connectivity index (χ0v) is 13.2. The minimum absolute atomic E-state index is 0.0664. The van der Waals surface area contributed by atoms with E-state index in [1.165, 1.54) is 6.33 Å². The summed E-state index contributed by atoms with van der Waals surface area (Å²) in [5, 5.41) is 10.3. The number of H-pyrrole nitrogens is 1. The van der Waals surface area contributed by atoms with Crippen molar-refractivity contribution in [2.45, 2.75) is 17.5 Å². The van der Waals surface area contributed by atoms with Crippen LogP contribution in [0.25, 0.3) is 0 Å². The number of hydrogen-bond acceptors (Lipinski definition) is 4. The number of amides is 1. The van der Waals surface area contributed by atoms with Crippen molar-refractivity contribution in [3.05, 3.63) is 77.6 Å². The summed E-state index contributed by atoms with van der Waals surface area (Å²) in [5.74, 6) is 0.712. The first kappa shape index (κ1) is 15.3. The first-order chi connectivity index (χ1) is 11.3. The van der Waals surface area contributed by atoms with Crippen molar-refractivity contribution in [2.24, 2.45) is 0 Å². The number of thioether (sulfide) groups is 1. The Morgan fingerprint density at radius 1 is 1.04 bits per heavy atom. The Morgan fingerprint density at radius 3 is 2.52 bits per heavy atom. The highest BCUT2D eigenvalue weighted by atomic mass is 32.2. The molecule has 1 amide bonds. The Hall–Kier alpha value is -2.60. The summed E-state index contributed by atoms with van der Waals surface area (Å²) in [6.07, 6.45) is 1.49. The fourth-order valence-corrected chi connectivity index (χ4v) is 2.78. The first-order valence-electron chi connectivity index (χ1n) is 7.20. The van der Waals surface area contributed by atoms with Gasteiger partial charge in [0.15, 0.2) is 5.16 Å². The Balaban J connectivity index is 1.53. The monoisotopic (exact) mass is 324 g/mol. The maximum atomic E-state index is 12.1. The van der Waals surface area contributed by atoms with E-state index in [2.05, 4.69) is 20.5 Å². The summed E-state index contributed by atoms with van der Waals surface area (Å²) in [5.41, 5.74) is 2.88. The molecule has 0 fully saturated rings. The Kier molecular flexibility index (Phi) is 5.06. The topological polar surface area (TPSA) is 70.7 Å². The van der Waals surface area contributed by atoms with Gasteiger partial charge in [0, 0.05) is 17.9 Å². The highest BCUT2D eigenvalue weighted by molar-refractivity contribution is 7.98. The predicted octanol–water partition coefficient (Wildman–Crippen LogP) is 3.03. The first-order valence-corrected chi connectivity index (χ1v) is 8.19.